The van der Waals surface area contributed by atoms with Gasteiger partial charge < -0.3 is 25.4 Å². The number of carbonyl (C=O) groups excluding carboxylic acids is 1. The molecule has 0 aliphatic carbocycles. The van der Waals surface area contributed by atoms with E-state index in [4.69, 9.17) is 9.47 Å². The standard InChI is InChI=1S/C18H28N4O3.HI/c1-18(2,3)16(23)20-8-9-21-17(19-4)22-13-6-7-14-15(12-13)25-11-5-10-24-14;/h6-7,12H,5,8-11H2,1-4H3,(H,20,23)(H2,19,21,22);1H. The van der Waals surface area contributed by atoms with Crippen LogP contribution in [0.1, 0.15) is 27.2 Å². The van der Waals surface area contributed by atoms with Gasteiger partial charge in [0, 0.05) is 43.7 Å². The summed E-state index contributed by atoms with van der Waals surface area (Å²) in [5.74, 6) is 2.14. The van der Waals surface area contributed by atoms with Crippen LogP contribution in [-0.2, 0) is 4.79 Å². The lowest BCUT2D eigenvalue weighted by molar-refractivity contribution is -0.128. The Morgan fingerprint density at radius 2 is 1.77 bits per heavy atom. The third kappa shape index (κ3) is 6.89. The Kier molecular flexibility index (Phi) is 8.97. The topological polar surface area (TPSA) is 84.0 Å². The van der Waals surface area contributed by atoms with Gasteiger partial charge in [-0.25, -0.2) is 0 Å². The molecule has 8 heteroatoms. The third-order valence-corrected chi connectivity index (χ3v) is 3.62. The van der Waals surface area contributed by atoms with Gasteiger partial charge in [0.15, 0.2) is 17.5 Å². The fourth-order valence-electron chi connectivity index (χ4n) is 2.18. The van der Waals surface area contributed by atoms with Crippen LogP contribution in [0.4, 0.5) is 5.69 Å². The molecule has 0 aromatic heterocycles. The summed E-state index contributed by atoms with van der Waals surface area (Å²) in [5.41, 5.74) is 0.472. The molecular weight excluding hydrogens is 447 g/mol. The summed E-state index contributed by atoms with van der Waals surface area (Å²) in [4.78, 5) is 16.0. The van der Waals surface area contributed by atoms with Gasteiger partial charge in [0.05, 0.1) is 13.2 Å². The van der Waals surface area contributed by atoms with Gasteiger partial charge in [-0.05, 0) is 12.1 Å². The summed E-state index contributed by atoms with van der Waals surface area (Å²) < 4.78 is 11.3. The minimum atomic E-state index is -0.385. The average molecular weight is 476 g/mol. The highest BCUT2D eigenvalue weighted by atomic mass is 127. The molecule has 0 saturated carbocycles. The van der Waals surface area contributed by atoms with Crippen molar-refractivity contribution in [3.63, 3.8) is 0 Å². The van der Waals surface area contributed by atoms with Gasteiger partial charge in [0.2, 0.25) is 5.91 Å². The first kappa shape index (κ1) is 22.3. The van der Waals surface area contributed by atoms with E-state index in [0.29, 0.717) is 32.3 Å². The zero-order valence-electron chi connectivity index (χ0n) is 15.8. The van der Waals surface area contributed by atoms with Crippen LogP contribution in [0.2, 0.25) is 0 Å². The quantitative estimate of drug-likeness (QED) is 0.269. The van der Waals surface area contributed by atoms with Gasteiger partial charge in [-0.3, -0.25) is 9.79 Å². The normalized spacial score (nSPS) is 13.9. The molecule has 3 N–H and O–H groups in total. The van der Waals surface area contributed by atoms with Crippen LogP contribution < -0.4 is 25.4 Å². The highest BCUT2D eigenvalue weighted by Gasteiger charge is 2.20. The summed E-state index contributed by atoms with van der Waals surface area (Å²) in [6.45, 7) is 8.09. The number of guanidine groups is 1. The molecule has 2 rings (SSSR count). The van der Waals surface area contributed by atoms with Crippen molar-refractivity contribution in [1.82, 2.24) is 10.6 Å². The van der Waals surface area contributed by atoms with Crippen LogP contribution in [-0.4, -0.2) is 45.2 Å². The summed E-state index contributed by atoms with van der Waals surface area (Å²) in [6, 6.07) is 5.70. The monoisotopic (exact) mass is 476 g/mol. The van der Waals surface area contributed by atoms with E-state index in [1.807, 2.05) is 39.0 Å². The van der Waals surface area contributed by atoms with Crippen molar-refractivity contribution in [2.24, 2.45) is 10.4 Å². The van der Waals surface area contributed by atoms with Crippen molar-refractivity contribution < 1.29 is 14.3 Å². The maximum atomic E-state index is 11.8. The lowest BCUT2D eigenvalue weighted by Gasteiger charge is -2.18. The molecule has 1 aliphatic rings. The number of aliphatic imine (C=N–C) groups is 1. The second kappa shape index (κ2) is 10.4. The van der Waals surface area contributed by atoms with E-state index in [0.717, 1.165) is 23.6 Å². The summed E-state index contributed by atoms with van der Waals surface area (Å²) in [6.07, 6.45) is 0.876. The number of hydrogen-bond donors (Lipinski definition) is 3. The molecule has 0 fully saturated rings. The zero-order valence-corrected chi connectivity index (χ0v) is 18.2. The molecule has 1 aliphatic heterocycles. The molecule has 1 aromatic rings. The Morgan fingerprint density at radius 3 is 2.42 bits per heavy atom. The van der Waals surface area contributed by atoms with Gasteiger partial charge in [0.25, 0.3) is 0 Å². The van der Waals surface area contributed by atoms with Crippen LogP contribution in [0.15, 0.2) is 23.2 Å². The van der Waals surface area contributed by atoms with Crippen LogP contribution >= 0.6 is 24.0 Å². The predicted octanol–water partition coefficient (Wildman–Crippen LogP) is 2.62. The molecule has 0 atom stereocenters. The van der Waals surface area contributed by atoms with E-state index in [1.165, 1.54) is 0 Å². The Morgan fingerprint density at radius 1 is 1.12 bits per heavy atom. The minimum Gasteiger partial charge on any atom is -0.490 e. The third-order valence-electron chi connectivity index (χ3n) is 3.62. The SMILES string of the molecule is CN=C(NCCNC(=O)C(C)(C)C)Nc1ccc2c(c1)OCCCO2.I. The van der Waals surface area contributed by atoms with Crippen molar-refractivity contribution in [1.29, 1.82) is 0 Å². The Bertz CT molecular complexity index is 629. The van der Waals surface area contributed by atoms with Crippen molar-refractivity contribution >= 4 is 41.5 Å². The number of ether oxygens (including phenoxy) is 2. The van der Waals surface area contributed by atoms with Crippen LogP contribution in [0.3, 0.4) is 0 Å². The molecule has 0 saturated heterocycles. The molecule has 0 bridgehead atoms. The van der Waals surface area contributed by atoms with Crippen molar-refractivity contribution in [2.45, 2.75) is 27.2 Å². The maximum absolute atomic E-state index is 11.8. The van der Waals surface area contributed by atoms with Crippen LogP contribution in [0, 0.1) is 5.41 Å². The fraction of sp³-hybridized carbons (Fsp3) is 0.556. The fourth-order valence-corrected chi connectivity index (χ4v) is 2.18. The van der Waals surface area contributed by atoms with E-state index in [9.17, 15) is 4.79 Å². The first-order valence-corrected chi connectivity index (χ1v) is 8.56. The first-order chi connectivity index (χ1) is 11.9. The lowest BCUT2D eigenvalue weighted by atomic mass is 9.96. The summed E-state index contributed by atoms with van der Waals surface area (Å²) >= 11 is 0. The smallest absolute Gasteiger partial charge is 0.225 e. The van der Waals surface area contributed by atoms with Crippen molar-refractivity contribution in [3.05, 3.63) is 18.2 Å². The van der Waals surface area contributed by atoms with E-state index >= 15 is 0 Å². The molecule has 0 unspecified atom stereocenters. The second-order valence-corrected chi connectivity index (χ2v) is 6.84. The number of anilines is 1. The number of nitrogens with one attached hydrogen (secondary N) is 3. The van der Waals surface area contributed by atoms with Crippen molar-refractivity contribution in [2.75, 3.05) is 38.7 Å². The molecule has 1 aromatic carbocycles. The lowest BCUT2D eigenvalue weighted by Crippen LogP contribution is -2.41. The molecule has 1 heterocycles. The second-order valence-electron chi connectivity index (χ2n) is 6.84. The predicted molar refractivity (Wildman–Crippen MR) is 115 cm³/mol. The molecule has 146 valence electrons. The molecule has 7 nitrogen and oxygen atoms in total. The Balaban J connectivity index is 0.00000338. The first-order valence-electron chi connectivity index (χ1n) is 8.56. The van der Waals surface area contributed by atoms with Crippen LogP contribution in [0.25, 0.3) is 0 Å². The number of fused-ring (bicyclic) bond motifs is 1. The van der Waals surface area contributed by atoms with Crippen molar-refractivity contribution in [3.8, 4) is 11.5 Å². The number of rotatable bonds is 4. The Hall–Kier alpha value is -1.71. The highest BCUT2D eigenvalue weighted by Crippen LogP contribution is 2.32. The largest absolute Gasteiger partial charge is 0.490 e. The van der Waals surface area contributed by atoms with E-state index in [1.54, 1.807) is 7.05 Å². The number of benzene rings is 1. The highest BCUT2D eigenvalue weighted by molar-refractivity contribution is 14.0. The minimum absolute atomic E-state index is 0. The average Bonchev–Trinajstić information content (AvgIpc) is 2.81. The van der Waals surface area contributed by atoms with Gasteiger partial charge in [-0.1, -0.05) is 20.8 Å². The summed E-state index contributed by atoms with van der Waals surface area (Å²) in [7, 11) is 1.70. The van der Waals surface area contributed by atoms with E-state index in [-0.39, 0.29) is 35.3 Å². The van der Waals surface area contributed by atoms with Gasteiger partial charge in [-0.15, -0.1) is 24.0 Å². The molecule has 26 heavy (non-hydrogen) atoms. The van der Waals surface area contributed by atoms with E-state index < -0.39 is 0 Å². The molecule has 1 amide bonds. The van der Waals surface area contributed by atoms with Gasteiger partial charge in [-0.2, -0.15) is 0 Å². The van der Waals surface area contributed by atoms with Gasteiger partial charge >= 0.3 is 0 Å². The number of nitrogens with zero attached hydrogens (tertiary/aromatic N) is 1. The maximum Gasteiger partial charge on any atom is 0.225 e. The van der Waals surface area contributed by atoms with Crippen LogP contribution in [0.5, 0.6) is 11.5 Å². The zero-order chi connectivity index (χ0) is 18.3. The summed E-state index contributed by atoms with van der Waals surface area (Å²) in [5, 5.41) is 9.27. The number of hydrogen-bond acceptors (Lipinski definition) is 4. The molecular formula is C18H29IN4O3. The number of halogens is 1. The van der Waals surface area contributed by atoms with E-state index in [2.05, 4.69) is 20.9 Å². The number of carbonyl (C=O) groups is 1. The van der Waals surface area contributed by atoms with Gasteiger partial charge in [0.1, 0.15) is 0 Å². The Labute approximate surface area is 172 Å². The molecule has 0 spiro atoms. The molecule has 0 radical (unpaired) electrons. The number of amides is 1.